The average molecular weight is 383 g/mol. The van der Waals surface area contributed by atoms with Crippen LogP contribution in [0.5, 0.6) is 0 Å². The summed E-state index contributed by atoms with van der Waals surface area (Å²) in [6.07, 6.45) is 7.27. The van der Waals surface area contributed by atoms with Crippen LogP contribution in [-0.4, -0.2) is 36.4 Å². The van der Waals surface area contributed by atoms with Gasteiger partial charge < -0.3 is 9.84 Å². The number of carbonyl (C=O) groups is 2. The minimum Gasteiger partial charge on any atom is -0.478 e. The molecule has 0 spiro atoms. The Balaban J connectivity index is 0.000000362. The van der Waals surface area contributed by atoms with Crippen molar-refractivity contribution in [1.29, 1.82) is 0 Å². The Morgan fingerprint density at radius 2 is 1.54 bits per heavy atom. The molecule has 0 atom stereocenters. The number of ether oxygens (including phenoxy) is 1. The van der Waals surface area contributed by atoms with Crippen molar-refractivity contribution in [3.8, 4) is 0 Å². The van der Waals surface area contributed by atoms with E-state index in [9.17, 15) is 9.59 Å². The fourth-order valence-corrected chi connectivity index (χ4v) is 2.21. The largest absolute Gasteiger partial charge is 0.478 e. The highest BCUT2D eigenvalue weighted by Gasteiger charge is 2.04. The van der Waals surface area contributed by atoms with Gasteiger partial charge in [0.05, 0.1) is 17.7 Å². The summed E-state index contributed by atoms with van der Waals surface area (Å²) in [6.45, 7) is 3.55. The highest BCUT2D eigenvalue weighted by molar-refractivity contribution is 5.89. The number of unbranched alkanes of at least 4 members (excludes halogenated alkanes) is 3. The maximum atomic E-state index is 11.6. The van der Waals surface area contributed by atoms with Gasteiger partial charge in [-0.2, -0.15) is 0 Å². The number of nitrogens with zero attached hydrogens (tertiary/aromatic N) is 1. The third kappa shape index (κ3) is 10.9. The Hall–Kier alpha value is -2.95. The molecule has 2 aromatic carbocycles. The Morgan fingerprint density at radius 1 is 0.929 bits per heavy atom. The van der Waals surface area contributed by atoms with E-state index in [1.807, 2.05) is 24.4 Å². The molecule has 28 heavy (non-hydrogen) atoms. The summed E-state index contributed by atoms with van der Waals surface area (Å²) < 4.78 is 5.17. The number of esters is 1. The quantitative estimate of drug-likeness (QED) is 0.344. The zero-order valence-electron chi connectivity index (χ0n) is 16.4. The molecule has 0 aliphatic rings. The molecule has 0 fully saturated rings. The van der Waals surface area contributed by atoms with Crippen LogP contribution in [-0.2, 0) is 4.74 Å². The summed E-state index contributed by atoms with van der Waals surface area (Å²) in [5.41, 5.74) is 0.938. The van der Waals surface area contributed by atoms with E-state index >= 15 is 0 Å². The molecular weight excluding hydrogens is 354 g/mol. The van der Waals surface area contributed by atoms with Crippen LogP contribution < -0.4 is 0 Å². The second kappa shape index (κ2) is 15.1. The van der Waals surface area contributed by atoms with Crippen LogP contribution in [0.2, 0.25) is 0 Å². The average Bonchev–Trinajstić information content (AvgIpc) is 2.74. The van der Waals surface area contributed by atoms with Crippen molar-refractivity contribution in [3.63, 3.8) is 0 Å². The third-order valence-corrected chi connectivity index (χ3v) is 3.76. The Kier molecular flexibility index (Phi) is 12.5. The zero-order valence-corrected chi connectivity index (χ0v) is 16.4. The van der Waals surface area contributed by atoms with Crippen LogP contribution >= 0.6 is 0 Å². The molecule has 2 rings (SSSR count). The van der Waals surface area contributed by atoms with E-state index in [2.05, 4.69) is 11.9 Å². The molecule has 0 saturated heterocycles. The molecule has 0 unspecified atom stereocenters. The topological polar surface area (TPSA) is 76.0 Å². The molecule has 0 aliphatic heterocycles. The van der Waals surface area contributed by atoms with E-state index in [0.29, 0.717) is 17.7 Å². The number of carbonyl (C=O) groups excluding carboxylic acids is 1. The first-order chi connectivity index (χ1) is 13.6. The minimum absolute atomic E-state index is 0.250. The summed E-state index contributed by atoms with van der Waals surface area (Å²) >= 11 is 0. The third-order valence-electron chi connectivity index (χ3n) is 3.76. The van der Waals surface area contributed by atoms with Gasteiger partial charge in [0, 0.05) is 6.54 Å². The van der Waals surface area contributed by atoms with E-state index in [1.165, 1.54) is 12.8 Å². The molecule has 0 aliphatic carbocycles. The van der Waals surface area contributed by atoms with Gasteiger partial charge in [-0.1, -0.05) is 56.2 Å². The van der Waals surface area contributed by atoms with Crippen molar-refractivity contribution in [1.82, 2.24) is 0 Å². The van der Waals surface area contributed by atoms with Gasteiger partial charge in [0.1, 0.15) is 0 Å². The first kappa shape index (κ1) is 23.1. The van der Waals surface area contributed by atoms with Crippen molar-refractivity contribution in [3.05, 3.63) is 71.8 Å². The number of benzene rings is 2. The maximum Gasteiger partial charge on any atom is 0.338 e. The molecule has 1 N–H and O–H groups in total. The van der Waals surface area contributed by atoms with Gasteiger partial charge >= 0.3 is 11.9 Å². The van der Waals surface area contributed by atoms with E-state index in [-0.39, 0.29) is 5.97 Å². The van der Waals surface area contributed by atoms with Crippen LogP contribution in [0.4, 0.5) is 0 Å². The predicted octanol–water partition coefficient (Wildman–Crippen LogP) is 5.27. The first-order valence-corrected chi connectivity index (χ1v) is 9.64. The lowest BCUT2D eigenvalue weighted by atomic mass is 10.2. The molecule has 0 heterocycles. The number of rotatable bonds is 10. The number of carboxylic acid groups (broad SMARTS) is 1. The SMILES string of the molecule is CCCCCN=CCCCOC(=O)c1ccccc1.O=C(O)c1ccccc1. The zero-order chi connectivity index (χ0) is 20.5. The molecular formula is C23H29NO4. The van der Waals surface area contributed by atoms with Gasteiger partial charge in [-0.3, -0.25) is 4.99 Å². The summed E-state index contributed by atoms with van der Waals surface area (Å²) in [6, 6.07) is 17.4. The molecule has 0 radical (unpaired) electrons. The Morgan fingerprint density at radius 3 is 2.07 bits per heavy atom. The lowest BCUT2D eigenvalue weighted by molar-refractivity contribution is 0.0502. The van der Waals surface area contributed by atoms with Gasteiger partial charge in [0.15, 0.2) is 0 Å². The maximum absolute atomic E-state index is 11.6. The Bertz CT molecular complexity index is 699. The van der Waals surface area contributed by atoms with E-state index in [1.54, 1.807) is 42.5 Å². The molecule has 0 amide bonds. The van der Waals surface area contributed by atoms with Crippen LogP contribution in [0, 0.1) is 0 Å². The van der Waals surface area contributed by atoms with E-state index in [4.69, 9.17) is 9.84 Å². The smallest absolute Gasteiger partial charge is 0.338 e. The fraction of sp³-hybridized carbons (Fsp3) is 0.348. The number of aliphatic imine (C=N–C) groups is 1. The van der Waals surface area contributed by atoms with Crippen molar-refractivity contribution in [2.45, 2.75) is 39.0 Å². The van der Waals surface area contributed by atoms with Crippen LogP contribution in [0.3, 0.4) is 0 Å². The monoisotopic (exact) mass is 383 g/mol. The van der Waals surface area contributed by atoms with Crippen molar-refractivity contribution >= 4 is 18.2 Å². The van der Waals surface area contributed by atoms with Crippen molar-refractivity contribution in [2.75, 3.05) is 13.2 Å². The fourth-order valence-electron chi connectivity index (χ4n) is 2.21. The van der Waals surface area contributed by atoms with Gasteiger partial charge in [0.25, 0.3) is 0 Å². The van der Waals surface area contributed by atoms with Gasteiger partial charge in [-0.25, -0.2) is 9.59 Å². The van der Waals surface area contributed by atoms with Crippen LogP contribution in [0.25, 0.3) is 0 Å². The van der Waals surface area contributed by atoms with E-state index in [0.717, 1.165) is 25.8 Å². The highest BCUT2D eigenvalue weighted by atomic mass is 16.5. The second-order valence-corrected chi connectivity index (χ2v) is 6.11. The molecule has 150 valence electrons. The Labute approximate surface area is 167 Å². The number of carboxylic acids is 1. The molecule has 0 saturated carbocycles. The summed E-state index contributed by atoms with van der Waals surface area (Å²) in [7, 11) is 0. The lowest BCUT2D eigenvalue weighted by Crippen LogP contribution is -2.06. The first-order valence-electron chi connectivity index (χ1n) is 9.64. The second-order valence-electron chi connectivity index (χ2n) is 6.11. The molecule has 0 aromatic heterocycles. The van der Waals surface area contributed by atoms with Crippen LogP contribution in [0.1, 0.15) is 59.7 Å². The number of hydrogen-bond acceptors (Lipinski definition) is 4. The number of aromatic carboxylic acids is 1. The minimum atomic E-state index is -0.879. The molecule has 0 bridgehead atoms. The molecule has 2 aromatic rings. The normalized spacial score (nSPS) is 10.2. The summed E-state index contributed by atoms with van der Waals surface area (Å²) in [4.78, 5) is 26.1. The van der Waals surface area contributed by atoms with Crippen molar-refractivity contribution in [2.24, 2.45) is 4.99 Å². The number of hydrogen-bond donors (Lipinski definition) is 1. The summed E-state index contributed by atoms with van der Waals surface area (Å²) in [5.74, 6) is -1.13. The van der Waals surface area contributed by atoms with Gasteiger partial charge in [-0.05, 0) is 49.7 Å². The highest BCUT2D eigenvalue weighted by Crippen LogP contribution is 2.02. The standard InChI is InChI=1S/C16H23NO2.C7H6O2/c1-2-3-7-12-17-13-8-9-14-19-16(18)15-10-5-4-6-11-15;8-7(9)6-4-2-1-3-5-6/h4-6,10-11,13H,2-3,7-9,12,14H2,1H3;1-5H,(H,8,9). The van der Waals surface area contributed by atoms with E-state index < -0.39 is 5.97 Å². The van der Waals surface area contributed by atoms with Crippen molar-refractivity contribution < 1.29 is 19.4 Å². The molecule has 5 nitrogen and oxygen atoms in total. The van der Waals surface area contributed by atoms with Gasteiger partial charge in [0.2, 0.25) is 0 Å². The molecule has 5 heteroatoms. The van der Waals surface area contributed by atoms with Gasteiger partial charge in [-0.15, -0.1) is 0 Å². The van der Waals surface area contributed by atoms with Crippen LogP contribution in [0.15, 0.2) is 65.7 Å². The summed E-state index contributed by atoms with van der Waals surface area (Å²) in [5, 5.41) is 8.38. The predicted molar refractivity (Wildman–Crippen MR) is 112 cm³/mol. The lowest BCUT2D eigenvalue weighted by Gasteiger charge is -2.03.